The first-order valence-corrected chi connectivity index (χ1v) is 22.6. The van der Waals surface area contributed by atoms with Gasteiger partial charge in [-0.2, -0.15) is 0 Å². The van der Waals surface area contributed by atoms with E-state index in [0.29, 0.717) is 0 Å². The second kappa shape index (κ2) is 14.1. The van der Waals surface area contributed by atoms with Crippen LogP contribution in [0.25, 0.3) is 75.8 Å². The molecule has 0 amide bonds. The van der Waals surface area contributed by atoms with E-state index in [1.165, 1.54) is 98.1 Å². The first-order chi connectivity index (χ1) is 31.3. The summed E-state index contributed by atoms with van der Waals surface area (Å²) in [7, 11) is 0. The Morgan fingerprint density at radius 3 is 1.57 bits per heavy atom. The van der Waals surface area contributed by atoms with Gasteiger partial charge in [-0.3, -0.25) is 0 Å². The fourth-order valence-corrected chi connectivity index (χ4v) is 12.0. The second-order valence-electron chi connectivity index (χ2n) is 16.7. The smallest absolute Gasteiger partial charge is 0.0726 e. The topological polar surface area (TPSA) is 3.24 Å². The fraction of sp³-hybridized carbons (Fsp3) is 0.0164. The van der Waals surface area contributed by atoms with Gasteiger partial charge in [0.25, 0.3) is 0 Å². The average Bonchev–Trinajstić information content (AvgIpc) is 3.99. The van der Waals surface area contributed by atoms with Gasteiger partial charge in [0.2, 0.25) is 0 Å². The molecule has 1 unspecified atom stereocenters. The van der Waals surface area contributed by atoms with Crippen LogP contribution in [0, 0.1) is 0 Å². The van der Waals surface area contributed by atoms with E-state index < -0.39 is 5.41 Å². The molecule has 2 aliphatic carbocycles. The van der Waals surface area contributed by atoms with E-state index in [9.17, 15) is 0 Å². The van der Waals surface area contributed by atoms with Crippen LogP contribution in [0.15, 0.2) is 237 Å². The first kappa shape index (κ1) is 35.9. The van der Waals surface area contributed by atoms with Crippen LogP contribution in [0.4, 0.5) is 17.1 Å². The van der Waals surface area contributed by atoms with Gasteiger partial charge in [0.05, 0.1) is 11.1 Å². The summed E-state index contributed by atoms with van der Waals surface area (Å²) in [4.78, 5) is 2.48. The van der Waals surface area contributed by atoms with Crippen molar-refractivity contribution in [3.63, 3.8) is 0 Å². The summed E-state index contributed by atoms with van der Waals surface area (Å²) in [5.41, 5.74) is 20.7. The molecule has 294 valence electrons. The van der Waals surface area contributed by atoms with Gasteiger partial charge in [-0.25, -0.2) is 0 Å². The summed E-state index contributed by atoms with van der Waals surface area (Å²) in [6, 6.07) is 87.8. The second-order valence-corrected chi connectivity index (χ2v) is 17.8. The lowest BCUT2D eigenvalue weighted by Gasteiger charge is -2.32. The Bertz CT molecular complexity index is 3550. The molecule has 11 aromatic rings. The van der Waals surface area contributed by atoms with Crippen LogP contribution >= 0.6 is 11.3 Å². The Balaban J connectivity index is 1.04. The number of hydrogen-bond acceptors (Lipinski definition) is 2. The minimum atomic E-state index is -0.493. The van der Waals surface area contributed by atoms with Crippen LogP contribution in [-0.4, -0.2) is 0 Å². The minimum absolute atomic E-state index is 0.493. The predicted molar refractivity (Wildman–Crippen MR) is 267 cm³/mol. The van der Waals surface area contributed by atoms with Crippen molar-refractivity contribution in [3.8, 4) is 55.6 Å². The maximum absolute atomic E-state index is 2.48. The Hall–Kier alpha value is -7.78. The van der Waals surface area contributed by atoms with E-state index in [2.05, 4.69) is 241 Å². The molecule has 13 rings (SSSR count). The van der Waals surface area contributed by atoms with Gasteiger partial charge >= 0.3 is 0 Å². The highest BCUT2D eigenvalue weighted by Crippen LogP contribution is 2.65. The standard InChI is InChI=1S/C61H39NS/c1-3-15-40(16-4-1)42-29-34-45(35-30-42)62(46-36-31-43(32-37-46)47-22-13-28-58-59(47)51-21-9-12-27-57(51)63-58)56-26-14-25-54-60(56)50-20-8-11-24-53(50)61(54)52-23-10-7-19-48(52)49-38-33-44(39-55(49)61)41-17-5-2-6-18-41/h1-39H. The highest BCUT2D eigenvalue weighted by molar-refractivity contribution is 7.25. The molecule has 63 heavy (non-hydrogen) atoms. The maximum Gasteiger partial charge on any atom is 0.0726 e. The summed E-state index contributed by atoms with van der Waals surface area (Å²) in [5, 5.41) is 2.64. The monoisotopic (exact) mass is 817 g/mol. The fourth-order valence-electron chi connectivity index (χ4n) is 10.8. The van der Waals surface area contributed by atoms with E-state index >= 15 is 0 Å². The van der Waals surface area contributed by atoms with Gasteiger partial charge in [0.1, 0.15) is 0 Å². The highest BCUT2D eigenvalue weighted by Gasteiger charge is 2.52. The molecular formula is C61H39NS. The number of fused-ring (bicyclic) bond motifs is 13. The van der Waals surface area contributed by atoms with Crippen molar-refractivity contribution >= 4 is 48.6 Å². The molecule has 0 saturated carbocycles. The molecule has 0 radical (unpaired) electrons. The lowest BCUT2D eigenvalue weighted by Crippen LogP contribution is -2.26. The van der Waals surface area contributed by atoms with Gasteiger partial charge < -0.3 is 4.90 Å². The Morgan fingerprint density at radius 1 is 0.317 bits per heavy atom. The molecular weight excluding hydrogens is 779 g/mol. The van der Waals surface area contributed by atoms with Crippen molar-refractivity contribution in [3.05, 3.63) is 259 Å². The van der Waals surface area contributed by atoms with Crippen molar-refractivity contribution in [2.24, 2.45) is 0 Å². The maximum atomic E-state index is 2.48. The normalized spacial score (nSPS) is 14.4. The van der Waals surface area contributed by atoms with Gasteiger partial charge in [0.15, 0.2) is 0 Å². The minimum Gasteiger partial charge on any atom is -0.310 e. The molecule has 2 aliphatic rings. The molecule has 2 heteroatoms. The SMILES string of the molecule is c1ccc(-c2ccc(N(c3ccc(-c4cccc5sc6ccccc6c45)cc3)c3cccc4c3-c3ccccc3C43c4ccccc4-c4ccc(-c5ccccc5)cc43)cc2)cc1. The summed E-state index contributed by atoms with van der Waals surface area (Å²) in [6.07, 6.45) is 0. The summed E-state index contributed by atoms with van der Waals surface area (Å²) < 4.78 is 2.64. The van der Waals surface area contributed by atoms with Crippen LogP contribution < -0.4 is 4.90 Å². The van der Waals surface area contributed by atoms with E-state index in [1.54, 1.807) is 0 Å². The average molecular weight is 818 g/mol. The Kier molecular flexibility index (Phi) is 8.06. The molecule has 1 atom stereocenters. The number of rotatable bonds is 6. The van der Waals surface area contributed by atoms with E-state index in [4.69, 9.17) is 0 Å². The zero-order chi connectivity index (χ0) is 41.5. The van der Waals surface area contributed by atoms with Crippen molar-refractivity contribution in [2.45, 2.75) is 5.41 Å². The number of anilines is 3. The van der Waals surface area contributed by atoms with Crippen LogP contribution in [0.1, 0.15) is 22.3 Å². The molecule has 1 spiro atoms. The summed E-state index contributed by atoms with van der Waals surface area (Å²) >= 11 is 1.87. The lowest BCUT2D eigenvalue weighted by molar-refractivity contribution is 0.794. The van der Waals surface area contributed by atoms with Gasteiger partial charge in [-0.15, -0.1) is 11.3 Å². The zero-order valence-electron chi connectivity index (χ0n) is 34.4. The largest absolute Gasteiger partial charge is 0.310 e. The molecule has 10 aromatic carbocycles. The number of benzene rings is 10. The third kappa shape index (κ3) is 5.35. The third-order valence-electron chi connectivity index (χ3n) is 13.5. The molecule has 1 heterocycles. The van der Waals surface area contributed by atoms with Crippen molar-refractivity contribution in [2.75, 3.05) is 4.90 Å². The number of hydrogen-bond donors (Lipinski definition) is 0. The molecule has 0 saturated heterocycles. The van der Waals surface area contributed by atoms with Crippen molar-refractivity contribution in [1.82, 2.24) is 0 Å². The number of nitrogens with zero attached hydrogens (tertiary/aromatic N) is 1. The van der Waals surface area contributed by atoms with E-state index in [1.807, 2.05) is 11.3 Å². The van der Waals surface area contributed by atoms with Crippen LogP contribution in [0.5, 0.6) is 0 Å². The zero-order valence-corrected chi connectivity index (χ0v) is 35.2. The molecule has 1 nitrogen and oxygen atoms in total. The van der Waals surface area contributed by atoms with Crippen LogP contribution in [-0.2, 0) is 5.41 Å². The highest BCUT2D eigenvalue weighted by atomic mass is 32.1. The van der Waals surface area contributed by atoms with E-state index in [-0.39, 0.29) is 0 Å². The quantitative estimate of drug-likeness (QED) is 0.162. The van der Waals surface area contributed by atoms with Crippen molar-refractivity contribution < 1.29 is 0 Å². The summed E-state index contributed by atoms with van der Waals surface area (Å²) in [5.74, 6) is 0. The van der Waals surface area contributed by atoms with Gasteiger partial charge in [-0.05, 0) is 121 Å². The van der Waals surface area contributed by atoms with Crippen LogP contribution in [0.2, 0.25) is 0 Å². The first-order valence-electron chi connectivity index (χ1n) is 21.8. The van der Waals surface area contributed by atoms with Crippen molar-refractivity contribution in [1.29, 1.82) is 0 Å². The molecule has 0 aliphatic heterocycles. The molecule has 0 N–H and O–H groups in total. The number of thiophene rings is 1. The lowest BCUT2D eigenvalue weighted by atomic mass is 9.70. The van der Waals surface area contributed by atoms with E-state index in [0.717, 1.165) is 17.1 Å². The predicted octanol–water partition coefficient (Wildman–Crippen LogP) is 16.9. The Morgan fingerprint density at radius 2 is 0.825 bits per heavy atom. The molecule has 1 aromatic heterocycles. The Labute approximate surface area is 371 Å². The van der Waals surface area contributed by atoms with Gasteiger partial charge in [0, 0.05) is 37.1 Å². The van der Waals surface area contributed by atoms with Crippen LogP contribution in [0.3, 0.4) is 0 Å². The van der Waals surface area contributed by atoms with Gasteiger partial charge in [-0.1, -0.05) is 188 Å². The molecule has 0 bridgehead atoms. The summed E-state index contributed by atoms with van der Waals surface area (Å²) in [6.45, 7) is 0. The third-order valence-corrected chi connectivity index (χ3v) is 14.6. The molecule has 0 fully saturated rings.